The molecule has 1 unspecified atom stereocenters. The minimum Gasteiger partial charge on any atom is -0.459 e. The Morgan fingerprint density at radius 3 is 2.96 bits per heavy atom. The van der Waals surface area contributed by atoms with Gasteiger partial charge in [0, 0.05) is 30.4 Å². The van der Waals surface area contributed by atoms with E-state index in [2.05, 4.69) is 27.2 Å². The van der Waals surface area contributed by atoms with Crippen molar-refractivity contribution in [2.45, 2.75) is 45.1 Å². The minimum atomic E-state index is -0.144. The highest BCUT2D eigenvalue weighted by Crippen LogP contribution is 2.37. The zero-order valence-corrected chi connectivity index (χ0v) is 14.8. The number of nitrogens with zero attached hydrogens (tertiary/aromatic N) is 3. The zero-order valence-electron chi connectivity index (χ0n) is 14.8. The molecule has 2 aromatic rings. The van der Waals surface area contributed by atoms with Crippen LogP contribution in [0.25, 0.3) is 0 Å². The average molecular weight is 340 g/mol. The molecule has 2 aliphatic carbocycles. The second-order valence-corrected chi connectivity index (χ2v) is 7.13. The van der Waals surface area contributed by atoms with Crippen LogP contribution in [-0.2, 0) is 12.8 Å². The van der Waals surface area contributed by atoms with Crippen molar-refractivity contribution in [2.24, 2.45) is 5.92 Å². The number of hydrogen-bond acceptors (Lipinski definition) is 5. The molecule has 0 aliphatic heterocycles. The van der Waals surface area contributed by atoms with E-state index in [0.717, 1.165) is 30.6 Å². The van der Waals surface area contributed by atoms with Crippen LogP contribution >= 0.6 is 0 Å². The maximum Gasteiger partial charge on any atom is 0.287 e. The number of nitrogens with one attached hydrogen (secondary N) is 1. The highest BCUT2D eigenvalue weighted by Gasteiger charge is 2.36. The summed E-state index contributed by atoms with van der Waals surface area (Å²) in [5.41, 5.74) is 3.33. The molecule has 132 valence electrons. The highest BCUT2D eigenvalue weighted by molar-refractivity contribution is 5.92. The summed E-state index contributed by atoms with van der Waals surface area (Å²) in [7, 11) is 2.09. The fourth-order valence-corrected chi connectivity index (χ4v) is 3.79. The predicted molar refractivity (Wildman–Crippen MR) is 94.8 cm³/mol. The van der Waals surface area contributed by atoms with Crippen molar-refractivity contribution in [3.63, 3.8) is 0 Å². The van der Waals surface area contributed by atoms with Crippen LogP contribution in [0.1, 0.15) is 46.6 Å². The SMILES string of the molecule is Cc1ccoc1C(=O)NCC(C1CC1)N(C)c1ncnc2c1CCC2. The summed E-state index contributed by atoms with van der Waals surface area (Å²) >= 11 is 0. The standard InChI is InChI=1S/C19H24N4O2/c1-12-8-9-25-17(12)19(24)20-10-16(13-6-7-13)23(2)18-14-4-3-5-15(14)21-11-22-18/h8-9,11,13,16H,3-7,10H2,1-2H3,(H,20,24). The van der Waals surface area contributed by atoms with Crippen LogP contribution in [0.15, 0.2) is 23.1 Å². The van der Waals surface area contributed by atoms with Crippen LogP contribution in [-0.4, -0.2) is 35.5 Å². The quantitative estimate of drug-likeness (QED) is 0.875. The Morgan fingerprint density at radius 1 is 1.40 bits per heavy atom. The zero-order chi connectivity index (χ0) is 17.4. The molecular formula is C19H24N4O2. The molecule has 0 aromatic carbocycles. The third-order valence-corrected chi connectivity index (χ3v) is 5.39. The summed E-state index contributed by atoms with van der Waals surface area (Å²) < 4.78 is 5.29. The van der Waals surface area contributed by atoms with Gasteiger partial charge in [0.2, 0.25) is 0 Å². The number of likely N-dealkylation sites (N-methyl/N-ethyl adjacent to an activating group) is 1. The summed E-state index contributed by atoms with van der Waals surface area (Å²) in [5, 5.41) is 3.05. The lowest BCUT2D eigenvalue weighted by Gasteiger charge is -2.30. The molecule has 6 nitrogen and oxygen atoms in total. The van der Waals surface area contributed by atoms with Gasteiger partial charge in [0.1, 0.15) is 12.1 Å². The van der Waals surface area contributed by atoms with E-state index in [1.807, 2.05) is 13.0 Å². The van der Waals surface area contributed by atoms with Gasteiger partial charge in [-0.1, -0.05) is 0 Å². The number of hydrogen-bond donors (Lipinski definition) is 1. The van der Waals surface area contributed by atoms with E-state index in [1.54, 1.807) is 12.6 Å². The predicted octanol–water partition coefficient (Wildman–Crippen LogP) is 2.51. The molecule has 6 heteroatoms. The van der Waals surface area contributed by atoms with Crippen LogP contribution < -0.4 is 10.2 Å². The first-order valence-corrected chi connectivity index (χ1v) is 9.03. The number of aromatic nitrogens is 2. The number of fused-ring (bicyclic) bond motifs is 1. The first-order chi connectivity index (χ1) is 12.1. The van der Waals surface area contributed by atoms with Gasteiger partial charge in [0.05, 0.1) is 12.3 Å². The fourth-order valence-electron chi connectivity index (χ4n) is 3.79. The monoisotopic (exact) mass is 340 g/mol. The van der Waals surface area contributed by atoms with Gasteiger partial charge in [-0.15, -0.1) is 0 Å². The summed E-state index contributed by atoms with van der Waals surface area (Å²) in [4.78, 5) is 23.6. The molecule has 1 amide bonds. The van der Waals surface area contributed by atoms with Crippen molar-refractivity contribution in [1.29, 1.82) is 0 Å². The molecule has 1 atom stereocenters. The Morgan fingerprint density at radius 2 is 2.24 bits per heavy atom. The number of anilines is 1. The normalized spacial score (nSPS) is 17.2. The first kappa shape index (κ1) is 16.1. The molecule has 1 fully saturated rings. The minimum absolute atomic E-state index is 0.144. The maximum absolute atomic E-state index is 12.4. The van der Waals surface area contributed by atoms with E-state index in [9.17, 15) is 4.79 Å². The van der Waals surface area contributed by atoms with Crippen molar-refractivity contribution >= 4 is 11.7 Å². The van der Waals surface area contributed by atoms with Crippen LogP contribution in [0.5, 0.6) is 0 Å². The van der Waals surface area contributed by atoms with Gasteiger partial charge in [0.25, 0.3) is 5.91 Å². The average Bonchev–Trinajstić information content (AvgIpc) is 3.16. The molecule has 0 saturated heterocycles. The lowest BCUT2D eigenvalue weighted by Crippen LogP contribution is -2.44. The molecule has 4 rings (SSSR count). The van der Waals surface area contributed by atoms with E-state index >= 15 is 0 Å². The number of furan rings is 1. The van der Waals surface area contributed by atoms with Crippen LogP contribution in [0.2, 0.25) is 0 Å². The van der Waals surface area contributed by atoms with E-state index in [4.69, 9.17) is 4.42 Å². The van der Waals surface area contributed by atoms with Crippen molar-refractivity contribution < 1.29 is 9.21 Å². The van der Waals surface area contributed by atoms with Crippen LogP contribution in [0.3, 0.4) is 0 Å². The van der Waals surface area contributed by atoms with Crippen molar-refractivity contribution in [2.75, 3.05) is 18.5 Å². The molecule has 0 radical (unpaired) electrons. The van der Waals surface area contributed by atoms with Gasteiger partial charge >= 0.3 is 0 Å². The number of aryl methyl sites for hydroxylation is 2. The summed E-state index contributed by atoms with van der Waals surface area (Å²) in [6.45, 7) is 2.48. The number of carbonyl (C=O) groups is 1. The van der Waals surface area contributed by atoms with Crippen molar-refractivity contribution in [1.82, 2.24) is 15.3 Å². The van der Waals surface area contributed by atoms with Gasteiger partial charge in [-0.3, -0.25) is 4.79 Å². The molecule has 0 spiro atoms. The number of rotatable bonds is 6. The molecule has 0 bridgehead atoms. The van der Waals surface area contributed by atoms with Crippen molar-refractivity contribution in [3.8, 4) is 0 Å². The van der Waals surface area contributed by atoms with E-state index in [1.165, 1.54) is 24.1 Å². The third kappa shape index (κ3) is 3.13. The number of carbonyl (C=O) groups excluding carboxylic acids is 1. The van der Waals surface area contributed by atoms with Crippen molar-refractivity contribution in [3.05, 3.63) is 41.2 Å². The molecule has 2 aromatic heterocycles. The summed E-state index contributed by atoms with van der Waals surface area (Å²) in [6, 6.07) is 2.06. The second kappa shape index (κ2) is 6.50. The Labute approximate surface area is 147 Å². The third-order valence-electron chi connectivity index (χ3n) is 5.39. The summed E-state index contributed by atoms with van der Waals surface area (Å²) in [5.74, 6) is 1.90. The maximum atomic E-state index is 12.4. The highest BCUT2D eigenvalue weighted by atomic mass is 16.3. The molecule has 1 N–H and O–H groups in total. The van der Waals surface area contributed by atoms with Gasteiger partial charge in [0.15, 0.2) is 5.76 Å². The van der Waals surface area contributed by atoms with Crippen LogP contribution in [0, 0.1) is 12.8 Å². The van der Waals surface area contributed by atoms with Gasteiger partial charge in [-0.25, -0.2) is 9.97 Å². The fraction of sp³-hybridized carbons (Fsp3) is 0.526. The molecule has 2 aliphatic rings. The molecule has 25 heavy (non-hydrogen) atoms. The molecule has 1 saturated carbocycles. The molecule has 2 heterocycles. The Balaban J connectivity index is 1.49. The number of amides is 1. The van der Waals surface area contributed by atoms with Gasteiger partial charge in [-0.2, -0.15) is 0 Å². The lowest BCUT2D eigenvalue weighted by atomic mass is 10.1. The summed E-state index contributed by atoms with van der Waals surface area (Å²) in [6.07, 6.45) is 8.88. The van der Waals surface area contributed by atoms with Gasteiger partial charge in [-0.05, 0) is 51.0 Å². The molecular weight excluding hydrogens is 316 g/mol. The van der Waals surface area contributed by atoms with E-state index in [0.29, 0.717) is 18.2 Å². The largest absolute Gasteiger partial charge is 0.459 e. The second-order valence-electron chi connectivity index (χ2n) is 7.13. The van der Waals surface area contributed by atoms with Crippen LogP contribution in [0.4, 0.5) is 5.82 Å². The Bertz CT molecular complexity index is 781. The van der Waals surface area contributed by atoms with E-state index < -0.39 is 0 Å². The smallest absolute Gasteiger partial charge is 0.287 e. The Hall–Kier alpha value is -2.37. The van der Waals surface area contributed by atoms with Gasteiger partial charge < -0.3 is 14.6 Å². The topological polar surface area (TPSA) is 71.3 Å². The lowest BCUT2D eigenvalue weighted by molar-refractivity contribution is 0.0921. The van der Waals surface area contributed by atoms with E-state index in [-0.39, 0.29) is 11.9 Å². The Kier molecular flexibility index (Phi) is 4.19. The first-order valence-electron chi connectivity index (χ1n) is 9.03.